The smallest absolute Gasteiger partial charge is 0.266 e. The molecule has 1 aliphatic rings. The Balaban J connectivity index is 1.30. The van der Waals surface area contributed by atoms with Crippen molar-refractivity contribution in [3.05, 3.63) is 76.8 Å². The molecule has 33 heavy (non-hydrogen) atoms. The Bertz CT molecular complexity index is 1150. The highest BCUT2D eigenvalue weighted by Gasteiger charge is 2.21. The van der Waals surface area contributed by atoms with Gasteiger partial charge in [0.2, 0.25) is 5.91 Å². The summed E-state index contributed by atoms with van der Waals surface area (Å²) in [6.45, 7) is 3.04. The zero-order valence-electron chi connectivity index (χ0n) is 18.6. The Morgan fingerprint density at radius 2 is 1.79 bits per heavy atom. The predicted molar refractivity (Wildman–Crippen MR) is 125 cm³/mol. The number of rotatable bonds is 7. The summed E-state index contributed by atoms with van der Waals surface area (Å²) in [7, 11) is 1.60. The molecule has 2 heterocycles. The van der Waals surface area contributed by atoms with Gasteiger partial charge in [0.25, 0.3) is 5.56 Å². The molecular formula is C25H27FN4O3. The fourth-order valence-corrected chi connectivity index (χ4v) is 3.95. The maximum atomic E-state index is 13.1. The van der Waals surface area contributed by atoms with Crippen LogP contribution in [0.25, 0.3) is 11.3 Å². The van der Waals surface area contributed by atoms with Crippen LogP contribution in [0.1, 0.15) is 12.8 Å². The summed E-state index contributed by atoms with van der Waals surface area (Å²) < 4.78 is 19.8. The molecule has 0 unspecified atom stereocenters. The third kappa shape index (κ3) is 5.58. The third-order valence-electron chi connectivity index (χ3n) is 5.82. The Morgan fingerprint density at radius 3 is 2.52 bits per heavy atom. The average Bonchev–Trinajstić information content (AvgIpc) is 2.85. The maximum Gasteiger partial charge on any atom is 0.266 e. The molecule has 0 bridgehead atoms. The summed E-state index contributed by atoms with van der Waals surface area (Å²) in [5.74, 6) is 0.540. The standard InChI is InChI=1S/C25H27FN4O3/c1-33-22-5-2-4-19(18-22)23-11-12-25(32)30(27-23)13-3-6-24(31)29-16-14-28(15-17-29)21-9-7-20(26)8-10-21/h2,4-5,7-12,18H,3,6,13-17H2,1H3. The van der Waals surface area contributed by atoms with Crippen molar-refractivity contribution in [1.82, 2.24) is 14.7 Å². The van der Waals surface area contributed by atoms with Crippen LogP contribution in [0, 0.1) is 5.82 Å². The fourth-order valence-electron chi connectivity index (χ4n) is 3.95. The number of aryl methyl sites for hydroxylation is 1. The van der Waals surface area contributed by atoms with Crippen molar-refractivity contribution in [2.45, 2.75) is 19.4 Å². The lowest BCUT2D eigenvalue weighted by atomic mass is 10.1. The first-order valence-corrected chi connectivity index (χ1v) is 11.0. The van der Waals surface area contributed by atoms with Gasteiger partial charge in [0, 0.05) is 56.5 Å². The zero-order valence-corrected chi connectivity index (χ0v) is 18.6. The molecule has 0 atom stereocenters. The Kier molecular flexibility index (Phi) is 7.02. The van der Waals surface area contributed by atoms with Crippen LogP contribution in [-0.4, -0.2) is 53.9 Å². The number of amides is 1. The van der Waals surface area contributed by atoms with E-state index in [1.165, 1.54) is 22.9 Å². The number of methoxy groups -OCH3 is 1. The molecule has 7 nitrogen and oxygen atoms in total. The van der Waals surface area contributed by atoms with Crippen LogP contribution in [0.2, 0.25) is 0 Å². The summed E-state index contributed by atoms with van der Waals surface area (Å²) in [6, 6.07) is 17.1. The van der Waals surface area contributed by atoms with E-state index < -0.39 is 0 Å². The normalized spacial score (nSPS) is 13.8. The number of carbonyl (C=O) groups is 1. The number of piperazine rings is 1. The van der Waals surface area contributed by atoms with E-state index in [9.17, 15) is 14.0 Å². The molecule has 1 aliphatic heterocycles. The SMILES string of the molecule is COc1cccc(-c2ccc(=O)n(CCCC(=O)N3CCN(c4ccc(F)cc4)CC3)n2)c1. The number of hydrogen-bond acceptors (Lipinski definition) is 5. The monoisotopic (exact) mass is 450 g/mol. The second kappa shape index (κ2) is 10.3. The molecule has 0 aliphatic carbocycles. The van der Waals surface area contributed by atoms with Crippen LogP contribution in [0.5, 0.6) is 5.75 Å². The molecule has 2 aromatic carbocycles. The number of benzene rings is 2. The highest BCUT2D eigenvalue weighted by atomic mass is 19.1. The van der Waals surface area contributed by atoms with Gasteiger partial charge >= 0.3 is 0 Å². The van der Waals surface area contributed by atoms with E-state index in [4.69, 9.17) is 4.74 Å². The van der Waals surface area contributed by atoms with E-state index >= 15 is 0 Å². The van der Waals surface area contributed by atoms with E-state index in [0.717, 1.165) is 17.0 Å². The lowest BCUT2D eigenvalue weighted by molar-refractivity contribution is -0.131. The lowest BCUT2D eigenvalue weighted by Gasteiger charge is -2.36. The number of aromatic nitrogens is 2. The van der Waals surface area contributed by atoms with E-state index in [1.807, 2.05) is 29.2 Å². The molecule has 0 N–H and O–H groups in total. The maximum absolute atomic E-state index is 13.1. The van der Waals surface area contributed by atoms with Crippen LogP contribution in [-0.2, 0) is 11.3 Å². The molecular weight excluding hydrogens is 423 g/mol. The van der Waals surface area contributed by atoms with Crippen LogP contribution in [0.15, 0.2) is 65.5 Å². The van der Waals surface area contributed by atoms with Gasteiger partial charge in [0.05, 0.1) is 12.8 Å². The number of carbonyl (C=O) groups excluding carboxylic acids is 1. The molecule has 1 fully saturated rings. The minimum atomic E-state index is -0.254. The van der Waals surface area contributed by atoms with Gasteiger partial charge in [-0.2, -0.15) is 5.10 Å². The van der Waals surface area contributed by atoms with Crippen LogP contribution in [0.4, 0.5) is 10.1 Å². The first-order valence-electron chi connectivity index (χ1n) is 11.0. The van der Waals surface area contributed by atoms with Crippen molar-refractivity contribution in [3.8, 4) is 17.0 Å². The number of halogens is 1. The van der Waals surface area contributed by atoms with Crippen molar-refractivity contribution in [3.63, 3.8) is 0 Å². The van der Waals surface area contributed by atoms with E-state index in [1.54, 1.807) is 25.3 Å². The van der Waals surface area contributed by atoms with Crippen LogP contribution >= 0.6 is 0 Å². The summed E-state index contributed by atoms with van der Waals surface area (Å²) in [6.07, 6.45) is 0.888. The highest BCUT2D eigenvalue weighted by Crippen LogP contribution is 2.21. The summed E-state index contributed by atoms with van der Waals surface area (Å²) in [4.78, 5) is 28.9. The van der Waals surface area contributed by atoms with E-state index in [-0.39, 0.29) is 17.3 Å². The molecule has 8 heteroatoms. The molecule has 4 rings (SSSR count). The summed E-state index contributed by atoms with van der Waals surface area (Å²) >= 11 is 0. The summed E-state index contributed by atoms with van der Waals surface area (Å²) in [5.41, 5.74) is 2.31. The highest BCUT2D eigenvalue weighted by molar-refractivity contribution is 5.76. The number of nitrogens with zero attached hydrogens (tertiary/aromatic N) is 4. The number of hydrogen-bond donors (Lipinski definition) is 0. The minimum absolute atomic E-state index is 0.0748. The van der Waals surface area contributed by atoms with Crippen molar-refractivity contribution >= 4 is 11.6 Å². The number of ether oxygens (including phenoxy) is 1. The van der Waals surface area contributed by atoms with E-state index in [2.05, 4.69) is 10.00 Å². The quantitative estimate of drug-likeness (QED) is 0.553. The molecule has 3 aromatic rings. The van der Waals surface area contributed by atoms with Gasteiger partial charge < -0.3 is 14.5 Å². The lowest BCUT2D eigenvalue weighted by Crippen LogP contribution is -2.48. The Hall–Kier alpha value is -3.68. The van der Waals surface area contributed by atoms with Crippen molar-refractivity contribution < 1.29 is 13.9 Å². The molecule has 0 spiro atoms. The topological polar surface area (TPSA) is 67.7 Å². The predicted octanol–water partition coefficient (Wildman–Crippen LogP) is 3.19. The minimum Gasteiger partial charge on any atom is -0.497 e. The zero-order chi connectivity index (χ0) is 23.2. The largest absolute Gasteiger partial charge is 0.497 e. The second-order valence-corrected chi connectivity index (χ2v) is 7.96. The van der Waals surface area contributed by atoms with Gasteiger partial charge in [-0.1, -0.05) is 12.1 Å². The second-order valence-electron chi connectivity index (χ2n) is 7.96. The average molecular weight is 451 g/mol. The van der Waals surface area contributed by atoms with Crippen LogP contribution in [0.3, 0.4) is 0 Å². The van der Waals surface area contributed by atoms with Gasteiger partial charge in [0.15, 0.2) is 0 Å². The van der Waals surface area contributed by atoms with Crippen molar-refractivity contribution in [2.75, 3.05) is 38.2 Å². The van der Waals surface area contributed by atoms with Gasteiger partial charge in [-0.3, -0.25) is 9.59 Å². The van der Waals surface area contributed by atoms with Gasteiger partial charge in [-0.25, -0.2) is 9.07 Å². The Morgan fingerprint density at radius 1 is 1.03 bits per heavy atom. The van der Waals surface area contributed by atoms with Crippen LogP contribution < -0.4 is 15.2 Å². The first-order chi connectivity index (χ1) is 16.0. The molecule has 0 saturated carbocycles. The van der Waals surface area contributed by atoms with Gasteiger partial charge in [-0.05, 0) is 48.9 Å². The number of anilines is 1. The van der Waals surface area contributed by atoms with Gasteiger partial charge in [0.1, 0.15) is 11.6 Å². The van der Waals surface area contributed by atoms with Crippen molar-refractivity contribution in [2.24, 2.45) is 0 Å². The molecule has 1 amide bonds. The van der Waals surface area contributed by atoms with Crippen molar-refractivity contribution in [1.29, 1.82) is 0 Å². The molecule has 0 radical (unpaired) electrons. The van der Waals surface area contributed by atoms with E-state index in [0.29, 0.717) is 51.3 Å². The Labute approximate surface area is 192 Å². The molecule has 1 aromatic heterocycles. The fraction of sp³-hybridized carbons (Fsp3) is 0.320. The molecule has 1 saturated heterocycles. The molecule has 172 valence electrons. The third-order valence-corrected chi connectivity index (χ3v) is 5.82. The first kappa shape index (κ1) is 22.5. The van der Waals surface area contributed by atoms with Gasteiger partial charge in [-0.15, -0.1) is 0 Å². The summed E-state index contributed by atoms with van der Waals surface area (Å²) in [5, 5.41) is 4.47.